The predicted molar refractivity (Wildman–Crippen MR) is 49.9 cm³/mol. The monoisotopic (exact) mass is 168 g/mol. The topological polar surface area (TPSA) is 20.2 Å². The van der Waals surface area contributed by atoms with Gasteiger partial charge in [-0.1, -0.05) is 20.8 Å². The molecule has 0 spiro atoms. The van der Waals surface area contributed by atoms with Gasteiger partial charge in [0.15, 0.2) is 0 Å². The summed E-state index contributed by atoms with van der Waals surface area (Å²) in [5.41, 5.74) is 0.0839. The Labute approximate surface area is 75.2 Å². The molecule has 0 aromatic rings. The number of rotatable bonds is 0. The summed E-state index contributed by atoms with van der Waals surface area (Å²) in [7, 11) is 0. The summed E-state index contributed by atoms with van der Waals surface area (Å²) in [6, 6.07) is 0. The SMILES string of the molecule is CC1(C)[C@H]2CC[C@@]1(C)[C@](C)(O)C2. The average Bonchev–Trinajstić information content (AvgIpc) is 2.18. The molecule has 0 aliphatic heterocycles. The van der Waals surface area contributed by atoms with E-state index < -0.39 is 5.60 Å². The first kappa shape index (κ1) is 8.55. The molecule has 1 N–H and O–H groups in total. The van der Waals surface area contributed by atoms with Gasteiger partial charge in [-0.05, 0) is 37.5 Å². The second kappa shape index (κ2) is 1.89. The van der Waals surface area contributed by atoms with E-state index in [4.69, 9.17) is 0 Å². The average molecular weight is 168 g/mol. The summed E-state index contributed by atoms with van der Waals surface area (Å²) in [6.07, 6.45) is 3.54. The van der Waals surface area contributed by atoms with Crippen LogP contribution in [0.4, 0.5) is 0 Å². The maximum absolute atomic E-state index is 10.3. The van der Waals surface area contributed by atoms with Crippen LogP contribution in [0.3, 0.4) is 0 Å². The first-order chi connectivity index (χ1) is 5.31. The first-order valence-corrected chi connectivity index (χ1v) is 5.04. The zero-order chi connectivity index (χ0) is 9.20. The van der Waals surface area contributed by atoms with Gasteiger partial charge in [0.05, 0.1) is 5.60 Å². The highest BCUT2D eigenvalue weighted by molar-refractivity contribution is 5.16. The lowest BCUT2D eigenvalue weighted by Crippen LogP contribution is -2.44. The molecule has 0 aromatic carbocycles. The lowest BCUT2D eigenvalue weighted by atomic mass is 9.65. The summed E-state index contributed by atoms with van der Waals surface area (Å²) in [5.74, 6) is 0.748. The molecule has 2 saturated carbocycles. The van der Waals surface area contributed by atoms with Crippen molar-refractivity contribution < 1.29 is 5.11 Å². The van der Waals surface area contributed by atoms with Gasteiger partial charge in [0, 0.05) is 5.41 Å². The molecule has 2 rings (SSSR count). The van der Waals surface area contributed by atoms with Crippen molar-refractivity contribution in [3.8, 4) is 0 Å². The maximum atomic E-state index is 10.3. The van der Waals surface area contributed by atoms with Crippen LogP contribution in [0.2, 0.25) is 0 Å². The molecule has 3 atom stereocenters. The Morgan fingerprint density at radius 3 is 1.92 bits per heavy atom. The van der Waals surface area contributed by atoms with E-state index in [2.05, 4.69) is 20.8 Å². The van der Waals surface area contributed by atoms with Crippen molar-refractivity contribution in [1.29, 1.82) is 0 Å². The molecule has 0 heterocycles. The molecule has 0 aromatic heterocycles. The van der Waals surface area contributed by atoms with E-state index in [-0.39, 0.29) is 5.41 Å². The molecular weight excluding hydrogens is 148 g/mol. The Kier molecular flexibility index (Phi) is 1.35. The quantitative estimate of drug-likeness (QED) is 0.589. The van der Waals surface area contributed by atoms with Gasteiger partial charge in [-0.3, -0.25) is 0 Å². The van der Waals surface area contributed by atoms with Gasteiger partial charge in [0.25, 0.3) is 0 Å². The second-order valence-corrected chi connectivity index (χ2v) is 5.77. The first-order valence-electron chi connectivity index (χ1n) is 5.04. The van der Waals surface area contributed by atoms with E-state index >= 15 is 0 Å². The van der Waals surface area contributed by atoms with Crippen LogP contribution in [-0.4, -0.2) is 10.7 Å². The highest BCUT2D eigenvalue weighted by atomic mass is 16.3. The third kappa shape index (κ3) is 0.654. The van der Waals surface area contributed by atoms with Crippen molar-refractivity contribution in [3.05, 3.63) is 0 Å². The van der Waals surface area contributed by atoms with Crippen LogP contribution < -0.4 is 0 Å². The van der Waals surface area contributed by atoms with Crippen LogP contribution in [0.1, 0.15) is 47.0 Å². The summed E-state index contributed by atoms with van der Waals surface area (Å²) in [5, 5.41) is 10.3. The molecule has 12 heavy (non-hydrogen) atoms. The molecular formula is C11H20O. The lowest BCUT2D eigenvalue weighted by molar-refractivity contribution is -0.0745. The normalized spacial score (nSPS) is 56.2. The molecule has 2 aliphatic carbocycles. The minimum Gasteiger partial charge on any atom is -0.390 e. The van der Waals surface area contributed by atoms with Gasteiger partial charge in [-0.25, -0.2) is 0 Å². The number of fused-ring (bicyclic) bond motifs is 2. The number of hydrogen-bond donors (Lipinski definition) is 1. The van der Waals surface area contributed by atoms with Crippen molar-refractivity contribution in [2.24, 2.45) is 16.7 Å². The molecule has 2 aliphatic rings. The molecule has 2 bridgehead atoms. The van der Waals surface area contributed by atoms with E-state index in [1.165, 1.54) is 12.8 Å². The fourth-order valence-corrected chi connectivity index (χ4v) is 3.62. The summed E-state index contributed by atoms with van der Waals surface area (Å²) in [4.78, 5) is 0. The standard InChI is InChI=1S/C11H20O/c1-9(2)8-5-6-10(9,3)11(4,12)7-8/h8,12H,5-7H2,1-4H3/t8-,10+,11+/m0/s1. The minimum absolute atomic E-state index is 0.157. The zero-order valence-electron chi connectivity index (χ0n) is 8.65. The molecule has 1 heteroatoms. The number of aliphatic hydroxyl groups is 1. The van der Waals surface area contributed by atoms with Crippen LogP contribution in [0.25, 0.3) is 0 Å². The van der Waals surface area contributed by atoms with E-state index in [9.17, 15) is 5.11 Å². The smallest absolute Gasteiger partial charge is 0.0681 e. The van der Waals surface area contributed by atoms with E-state index in [0.29, 0.717) is 5.41 Å². The Balaban J connectivity index is 2.47. The Morgan fingerprint density at radius 1 is 1.17 bits per heavy atom. The molecule has 0 amide bonds. The maximum Gasteiger partial charge on any atom is 0.0681 e. The van der Waals surface area contributed by atoms with Gasteiger partial charge >= 0.3 is 0 Å². The predicted octanol–water partition coefficient (Wildman–Crippen LogP) is 2.58. The zero-order valence-corrected chi connectivity index (χ0v) is 8.65. The molecule has 1 nitrogen and oxygen atoms in total. The van der Waals surface area contributed by atoms with Crippen molar-refractivity contribution >= 4 is 0 Å². The van der Waals surface area contributed by atoms with Crippen LogP contribution in [-0.2, 0) is 0 Å². The van der Waals surface area contributed by atoms with Crippen molar-refractivity contribution in [3.63, 3.8) is 0 Å². The molecule has 0 unspecified atom stereocenters. The van der Waals surface area contributed by atoms with Gasteiger partial charge < -0.3 is 5.11 Å². The van der Waals surface area contributed by atoms with Gasteiger partial charge in [-0.2, -0.15) is 0 Å². The fourth-order valence-electron chi connectivity index (χ4n) is 3.62. The lowest BCUT2D eigenvalue weighted by Gasteiger charge is -2.43. The third-order valence-electron chi connectivity index (χ3n) is 5.27. The van der Waals surface area contributed by atoms with E-state index in [1.807, 2.05) is 6.92 Å². The third-order valence-corrected chi connectivity index (χ3v) is 5.27. The van der Waals surface area contributed by atoms with Gasteiger partial charge in [-0.15, -0.1) is 0 Å². The summed E-state index contributed by atoms with van der Waals surface area (Å²) < 4.78 is 0. The van der Waals surface area contributed by atoms with E-state index in [1.54, 1.807) is 0 Å². The second-order valence-electron chi connectivity index (χ2n) is 5.77. The molecule has 0 saturated heterocycles. The molecule has 2 fully saturated rings. The van der Waals surface area contributed by atoms with Crippen molar-refractivity contribution in [2.75, 3.05) is 0 Å². The summed E-state index contributed by atoms with van der Waals surface area (Å²) in [6.45, 7) is 8.94. The van der Waals surface area contributed by atoms with Crippen LogP contribution in [0, 0.1) is 16.7 Å². The van der Waals surface area contributed by atoms with Crippen molar-refractivity contribution in [2.45, 2.75) is 52.6 Å². The highest BCUT2D eigenvalue weighted by Gasteiger charge is 2.66. The van der Waals surface area contributed by atoms with Crippen LogP contribution in [0.15, 0.2) is 0 Å². The minimum atomic E-state index is -0.417. The largest absolute Gasteiger partial charge is 0.390 e. The van der Waals surface area contributed by atoms with Gasteiger partial charge in [0.2, 0.25) is 0 Å². The van der Waals surface area contributed by atoms with Gasteiger partial charge in [0.1, 0.15) is 0 Å². The molecule has 70 valence electrons. The van der Waals surface area contributed by atoms with Crippen LogP contribution >= 0.6 is 0 Å². The Bertz CT molecular complexity index is 217. The van der Waals surface area contributed by atoms with E-state index in [0.717, 1.165) is 12.3 Å². The van der Waals surface area contributed by atoms with Crippen LogP contribution in [0.5, 0.6) is 0 Å². The van der Waals surface area contributed by atoms with Crippen molar-refractivity contribution in [1.82, 2.24) is 0 Å². The molecule has 0 radical (unpaired) electrons. The fraction of sp³-hybridized carbons (Fsp3) is 1.00. The Morgan fingerprint density at radius 2 is 1.75 bits per heavy atom. The highest BCUT2D eigenvalue weighted by Crippen LogP contribution is 2.69. The summed E-state index contributed by atoms with van der Waals surface area (Å²) >= 11 is 0. The Hall–Kier alpha value is -0.0400. The number of hydrogen-bond acceptors (Lipinski definition) is 1.